The fourth-order valence-corrected chi connectivity index (χ4v) is 3.49. The Morgan fingerprint density at radius 2 is 2.19 bits per heavy atom. The van der Waals surface area contributed by atoms with Gasteiger partial charge in [-0.3, -0.25) is 19.3 Å². The molecule has 0 aliphatic carbocycles. The summed E-state index contributed by atoms with van der Waals surface area (Å²) >= 11 is 3.36. The zero-order chi connectivity index (χ0) is 18.3. The van der Waals surface area contributed by atoms with Gasteiger partial charge >= 0.3 is 0 Å². The van der Waals surface area contributed by atoms with Crippen LogP contribution in [0.4, 0.5) is 5.69 Å². The number of rotatable bonds is 2. The number of amides is 2. The smallest absolute Gasteiger partial charge is 0.265 e. The second-order valence-electron chi connectivity index (χ2n) is 6.10. The normalized spacial score (nSPS) is 16.0. The van der Waals surface area contributed by atoms with E-state index < -0.39 is 0 Å². The summed E-state index contributed by atoms with van der Waals surface area (Å²) in [7, 11) is 0. The third kappa shape index (κ3) is 2.98. The Hall–Kier alpha value is -2.68. The minimum absolute atomic E-state index is 0.0929. The fraction of sp³-hybridized carbons (Fsp3) is 0.294. The molecule has 0 saturated carbocycles. The maximum absolute atomic E-state index is 12.8. The van der Waals surface area contributed by atoms with Crippen LogP contribution in [0.1, 0.15) is 11.3 Å². The molecule has 1 N–H and O–H groups in total. The quantitative estimate of drug-likeness (QED) is 0.779. The molecule has 0 saturated heterocycles. The lowest BCUT2D eigenvalue weighted by molar-refractivity contribution is -0.132. The molecule has 0 radical (unpaired) electrons. The van der Waals surface area contributed by atoms with E-state index in [0.29, 0.717) is 30.0 Å². The van der Waals surface area contributed by atoms with Crippen LogP contribution in [0.5, 0.6) is 5.75 Å². The lowest BCUT2D eigenvalue weighted by atomic mass is 10.1. The minimum Gasteiger partial charge on any atom is -0.482 e. The molecule has 3 heterocycles. The highest BCUT2D eigenvalue weighted by Gasteiger charge is 2.30. The first-order valence-electron chi connectivity index (χ1n) is 8.09. The van der Waals surface area contributed by atoms with Gasteiger partial charge in [-0.2, -0.15) is 0 Å². The molecule has 4 rings (SSSR count). The summed E-state index contributed by atoms with van der Waals surface area (Å²) in [6.07, 6.45) is 1.89. The second kappa shape index (κ2) is 6.56. The Bertz CT molecular complexity index is 958. The number of benzene rings is 1. The van der Waals surface area contributed by atoms with Crippen LogP contribution in [0.15, 0.2) is 33.8 Å². The molecule has 26 heavy (non-hydrogen) atoms. The molecule has 0 fully saturated rings. The van der Waals surface area contributed by atoms with E-state index in [9.17, 15) is 14.4 Å². The van der Waals surface area contributed by atoms with E-state index >= 15 is 0 Å². The molecular weight excluding hydrogens is 404 g/mol. The summed E-state index contributed by atoms with van der Waals surface area (Å²) in [6.45, 7) is 0.463. The third-order valence-electron chi connectivity index (χ3n) is 4.52. The van der Waals surface area contributed by atoms with Gasteiger partial charge in [0.25, 0.3) is 11.5 Å². The predicted octanol–water partition coefficient (Wildman–Crippen LogP) is 0.843. The minimum atomic E-state index is -0.273. The zero-order valence-corrected chi connectivity index (χ0v) is 15.3. The maximum Gasteiger partial charge on any atom is 0.265 e. The topological polar surface area (TPSA) is 95.6 Å². The molecule has 0 bridgehead atoms. The van der Waals surface area contributed by atoms with Crippen LogP contribution in [-0.4, -0.2) is 46.4 Å². The van der Waals surface area contributed by atoms with Gasteiger partial charge in [0.05, 0.1) is 29.8 Å². The van der Waals surface area contributed by atoms with Crippen molar-refractivity contribution in [2.45, 2.75) is 13.0 Å². The van der Waals surface area contributed by atoms with Crippen molar-refractivity contribution in [1.29, 1.82) is 0 Å². The Morgan fingerprint density at radius 3 is 3.04 bits per heavy atom. The first-order valence-corrected chi connectivity index (χ1v) is 8.88. The van der Waals surface area contributed by atoms with E-state index in [1.165, 1.54) is 11.2 Å². The Balaban J connectivity index is 1.55. The van der Waals surface area contributed by atoms with Crippen molar-refractivity contribution < 1.29 is 14.3 Å². The van der Waals surface area contributed by atoms with Crippen molar-refractivity contribution in [3.63, 3.8) is 0 Å². The van der Waals surface area contributed by atoms with Crippen molar-refractivity contribution in [3.8, 4) is 5.75 Å². The van der Waals surface area contributed by atoms with Crippen LogP contribution in [0.2, 0.25) is 0 Å². The average Bonchev–Trinajstić information content (AvgIpc) is 2.64. The van der Waals surface area contributed by atoms with Gasteiger partial charge in [0.15, 0.2) is 6.61 Å². The summed E-state index contributed by atoms with van der Waals surface area (Å²) in [4.78, 5) is 46.7. The first kappa shape index (κ1) is 16.8. The molecule has 0 spiro atoms. The monoisotopic (exact) mass is 418 g/mol. The standard InChI is InChI=1S/C17H15BrN4O4/c18-10-1-2-13-14(5-10)26-8-16(24)22(13)7-15(23)21-4-3-12-11(6-21)17(25)20-9-19-12/h1-2,5,9H,3-4,6-8H2,(H,19,20,25). The molecule has 2 amide bonds. The summed E-state index contributed by atoms with van der Waals surface area (Å²) in [5.41, 5.74) is 1.56. The number of aromatic nitrogens is 2. The van der Waals surface area contributed by atoms with Crippen molar-refractivity contribution in [1.82, 2.24) is 14.9 Å². The SMILES string of the molecule is O=C(CN1C(=O)COc2cc(Br)ccc21)N1CCc2nc[nH]c(=O)c2C1. The molecule has 8 nitrogen and oxygen atoms in total. The van der Waals surface area contributed by atoms with Gasteiger partial charge in [0.2, 0.25) is 5.91 Å². The summed E-state index contributed by atoms with van der Waals surface area (Å²) < 4.78 is 6.27. The molecule has 0 unspecified atom stereocenters. The maximum atomic E-state index is 12.8. The van der Waals surface area contributed by atoms with Crippen molar-refractivity contribution in [3.05, 3.63) is 50.6 Å². The van der Waals surface area contributed by atoms with Crippen LogP contribution in [0.25, 0.3) is 0 Å². The van der Waals surface area contributed by atoms with Gasteiger partial charge in [-0.25, -0.2) is 4.98 Å². The highest BCUT2D eigenvalue weighted by molar-refractivity contribution is 9.10. The van der Waals surface area contributed by atoms with E-state index in [1.54, 1.807) is 23.1 Å². The van der Waals surface area contributed by atoms with E-state index in [0.717, 1.165) is 10.2 Å². The predicted molar refractivity (Wildman–Crippen MR) is 96.0 cm³/mol. The molecule has 134 valence electrons. The van der Waals surface area contributed by atoms with Gasteiger partial charge < -0.3 is 14.6 Å². The summed E-state index contributed by atoms with van der Waals surface area (Å²) in [5, 5.41) is 0. The molecule has 1 aromatic carbocycles. The van der Waals surface area contributed by atoms with E-state index in [4.69, 9.17) is 4.74 Å². The summed E-state index contributed by atoms with van der Waals surface area (Å²) in [6, 6.07) is 5.30. The van der Waals surface area contributed by atoms with Crippen LogP contribution < -0.4 is 15.2 Å². The number of halogens is 1. The molecular formula is C17H15BrN4O4. The van der Waals surface area contributed by atoms with E-state index in [-0.39, 0.29) is 37.1 Å². The molecule has 9 heteroatoms. The van der Waals surface area contributed by atoms with E-state index in [1.807, 2.05) is 0 Å². The number of H-pyrrole nitrogens is 1. The highest BCUT2D eigenvalue weighted by atomic mass is 79.9. The van der Waals surface area contributed by atoms with Gasteiger partial charge in [0.1, 0.15) is 12.3 Å². The number of carbonyl (C=O) groups excluding carboxylic acids is 2. The number of nitrogens with one attached hydrogen (secondary N) is 1. The second-order valence-corrected chi connectivity index (χ2v) is 7.02. The van der Waals surface area contributed by atoms with Crippen LogP contribution >= 0.6 is 15.9 Å². The molecule has 1 aromatic heterocycles. The first-order chi connectivity index (χ1) is 12.5. The number of carbonyl (C=O) groups is 2. The van der Waals surface area contributed by atoms with Gasteiger partial charge in [-0.1, -0.05) is 15.9 Å². The number of nitrogens with zero attached hydrogens (tertiary/aromatic N) is 3. The number of ether oxygens (including phenoxy) is 1. The Kier molecular flexibility index (Phi) is 4.23. The summed E-state index contributed by atoms with van der Waals surface area (Å²) in [5.74, 6) is 0.0597. The molecule has 2 aliphatic heterocycles. The van der Waals surface area contributed by atoms with Gasteiger partial charge in [0, 0.05) is 17.4 Å². The van der Waals surface area contributed by atoms with Gasteiger partial charge in [-0.05, 0) is 18.2 Å². The molecule has 2 aromatic rings. The van der Waals surface area contributed by atoms with Crippen LogP contribution in [0, 0.1) is 0 Å². The van der Waals surface area contributed by atoms with Crippen molar-refractivity contribution in [2.75, 3.05) is 24.6 Å². The molecule has 2 aliphatic rings. The number of hydrogen-bond donors (Lipinski definition) is 1. The number of hydrogen-bond acceptors (Lipinski definition) is 5. The Morgan fingerprint density at radius 1 is 1.35 bits per heavy atom. The Labute approximate surface area is 156 Å². The number of fused-ring (bicyclic) bond motifs is 2. The lowest BCUT2D eigenvalue weighted by Gasteiger charge is -2.32. The largest absolute Gasteiger partial charge is 0.482 e. The lowest BCUT2D eigenvalue weighted by Crippen LogP contribution is -2.48. The average molecular weight is 419 g/mol. The van der Waals surface area contributed by atoms with Crippen LogP contribution in [-0.2, 0) is 22.6 Å². The van der Waals surface area contributed by atoms with Crippen LogP contribution in [0.3, 0.4) is 0 Å². The number of aromatic amines is 1. The zero-order valence-electron chi connectivity index (χ0n) is 13.7. The van der Waals surface area contributed by atoms with E-state index in [2.05, 4.69) is 25.9 Å². The third-order valence-corrected chi connectivity index (χ3v) is 5.01. The van der Waals surface area contributed by atoms with Crippen molar-refractivity contribution >= 4 is 33.4 Å². The number of anilines is 1. The molecule has 0 atom stereocenters. The highest BCUT2D eigenvalue weighted by Crippen LogP contribution is 2.34. The van der Waals surface area contributed by atoms with Crippen molar-refractivity contribution in [2.24, 2.45) is 0 Å². The van der Waals surface area contributed by atoms with Gasteiger partial charge in [-0.15, -0.1) is 0 Å². The fourth-order valence-electron chi connectivity index (χ4n) is 3.15.